The predicted octanol–water partition coefficient (Wildman–Crippen LogP) is 2.34. The van der Waals surface area contributed by atoms with Crippen LogP contribution in [0.1, 0.15) is 31.3 Å². The molecule has 0 aromatic carbocycles. The molecule has 0 fully saturated rings. The van der Waals surface area contributed by atoms with Crippen LogP contribution in [0.4, 0.5) is 0 Å². The minimum Gasteiger partial charge on any atom is -0.479 e. The molecule has 0 aliphatic carbocycles. The topological polar surface area (TPSA) is 65.5 Å². The van der Waals surface area contributed by atoms with Crippen LogP contribution in [-0.4, -0.2) is 35.7 Å². The van der Waals surface area contributed by atoms with Crippen molar-refractivity contribution in [3.63, 3.8) is 0 Å². The number of esters is 1. The van der Waals surface area contributed by atoms with Crippen molar-refractivity contribution in [3.05, 3.63) is 18.0 Å². The van der Waals surface area contributed by atoms with Gasteiger partial charge in [0.1, 0.15) is 5.75 Å². The van der Waals surface area contributed by atoms with E-state index in [2.05, 4.69) is 9.72 Å². The molecule has 0 unspecified atom stereocenters. The van der Waals surface area contributed by atoms with Gasteiger partial charge < -0.3 is 9.47 Å². The molecule has 0 aliphatic heterocycles. The minimum atomic E-state index is -0.928. The molecule has 0 bridgehead atoms. The summed E-state index contributed by atoms with van der Waals surface area (Å²) in [5.74, 6) is 0.740. The highest BCUT2D eigenvalue weighted by Crippen LogP contribution is 2.27. The lowest BCUT2D eigenvalue weighted by atomic mass is 10.2. The molecule has 6 heteroatoms. The van der Waals surface area contributed by atoms with Crippen LogP contribution in [-0.2, 0) is 9.53 Å². The lowest BCUT2D eigenvalue weighted by Crippen LogP contribution is -2.29. The number of methoxy groups -OCH3 is 1. The van der Waals surface area contributed by atoms with Crippen LogP contribution in [0, 0.1) is 0 Å². The van der Waals surface area contributed by atoms with Gasteiger partial charge in [-0.3, -0.25) is 4.79 Å². The van der Waals surface area contributed by atoms with E-state index < -0.39 is 11.6 Å². The third-order valence-corrected chi connectivity index (χ3v) is 3.08. The Hall–Kier alpha value is -1.56. The highest BCUT2D eigenvalue weighted by molar-refractivity contribution is 7.99. The Labute approximate surface area is 116 Å². The van der Waals surface area contributed by atoms with E-state index in [1.165, 1.54) is 25.1 Å². The van der Waals surface area contributed by atoms with Crippen LogP contribution in [0.2, 0.25) is 0 Å². The zero-order chi connectivity index (χ0) is 14.5. The number of rotatable bonds is 6. The van der Waals surface area contributed by atoms with E-state index in [9.17, 15) is 9.59 Å². The summed E-state index contributed by atoms with van der Waals surface area (Å²) in [6, 6.07) is 1.69. The van der Waals surface area contributed by atoms with Crippen LogP contribution in [0.25, 0.3) is 0 Å². The van der Waals surface area contributed by atoms with Crippen molar-refractivity contribution < 1.29 is 19.1 Å². The summed E-state index contributed by atoms with van der Waals surface area (Å²) < 4.78 is 10.2. The Morgan fingerprint density at radius 1 is 1.53 bits per heavy atom. The lowest BCUT2D eigenvalue weighted by Gasteiger charge is -2.20. The molecule has 0 N–H and O–H groups in total. The van der Waals surface area contributed by atoms with Crippen LogP contribution in [0.5, 0.6) is 5.75 Å². The second-order valence-electron chi connectivity index (χ2n) is 4.27. The van der Waals surface area contributed by atoms with Gasteiger partial charge in [0.2, 0.25) is 0 Å². The second kappa shape index (κ2) is 6.56. The van der Waals surface area contributed by atoms with Crippen LogP contribution in [0.3, 0.4) is 0 Å². The van der Waals surface area contributed by atoms with Crippen molar-refractivity contribution in [2.24, 2.45) is 0 Å². The first-order valence-electron chi connectivity index (χ1n) is 5.80. The summed E-state index contributed by atoms with van der Waals surface area (Å²) in [4.78, 5) is 27.1. The molecule has 1 aromatic heterocycles. The molecule has 0 amide bonds. The molecule has 5 nitrogen and oxygen atoms in total. The Kier molecular flexibility index (Phi) is 5.35. The SMILES string of the molecule is CCSc1cc(OC(C)(C)C=O)cnc1C(=O)OC. The summed E-state index contributed by atoms with van der Waals surface area (Å²) in [6.07, 6.45) is 2.13. The molecule has 104 valence electrons. The Bertz CT molecular complexity index is 474. The number of pyridine rings is 1. The first-order chi connectivity index (χ1) is 8.93. The van der Waals surface area contributed by atoms with Gasteiger partial charge >= 0.3 is 5.97 Å². The summed E-state index contributed by atoms with van der Waals surface area (Å²) in [6.45, 7) is 5.27. The van der Waals surface area contributed by atoms with Gasteiger partial charge in [-0.1, -0.05) is 6.92 Å². The van der Waals surface area contributed by atoms with E-state index in [0.29, 0.717) is 16.9 Å². The van der Waals surface area contributed by atoms with Gasteiger partial charge in [0.25, 0.3) is 0 Å². The maximum absolute atomic E-state index is 11.6. The summed E-state index contributed by atoms with van der Waals surface area (Å²) in [5.41, 5.74) is -0.673. The standard InChI is InChI=1S/C13H17NO4S/c1-5-19-10-6-9(18-13(2,3)8-15)7-14-11(10)12(16)17-4/h6-8H,5H2,1-4H3. The van der Waals surface area contributed by atoms with Gasteiger partial charge in [0.05, 0.1) is 13.3 Å². The number of hydrogen-bond donors (Lipinski definition) is 0. The van der Waals surface area contributed by atoms with E-state index in [-0.39, 0.29) is 5.69 Å². The number of carbonyl (C=O) groups excluding carboxylic acids is 2. The maximum Gasteiger partial charge on any atom is 0.357 e. The fraction of sp³-hybridized carbons (Fsp3) is 0.462. The lowest BCUT2D eigenvalue weighted by molar-refractivity contribution is -0.119. The van der Waals surface area contributed by atoms with E-state index in [1.807, 2.05) is 6.92 Å². The van der Waals surface area contributed by atoms with Gasteiger partial charge in [-0.25, -0.2) is 9.78 Å². The molecular formula is C13H17NO4S. The third kappa shape index (κ3) is 4.24. The first kappa shape index (κ1) is 15.5. The summed E-state index contributed by atoms with van der Waals surface area (Å²) in [7, 11) is 1.31. The molecule has 1 rings (SSSR count). The normalized spacial score (nSPS) is 10.9. The number of aromatic nitrogens is 1. The monoisotopic (exact) mass is 283 g/mol. The quantitative estimate of drug-likeness (QED) is 0.453. The van der Waals surface area contributed by atoms with Gasteiger partial charge in [0.15, 0.2) is 17.6 Å². The van der Waals surface area contributed by atoms with Gasteiger partial charge in [-0.05, 0) is 25.7 Å². The number of hydrogen-bond acceptors (Lipinski definition) is 6. The Morgan fingerprint density at radius 2 is 2.21 bits per heavy atom. The molecule has 0 saturated carbocycles. The van der Waals surface area contributed by atoms with E-state index in [1.54, 1.807) is 19.9 Å². The smallest absolute Gasteiger partial charge is 0.357 e. The number of aldehydes is 1. The van der Waals surface area contributed by atoms with Crippen LogP contribution >= 0.6 is 11.8 Å². The fourth-order valence-corrected chi connectivity index (χ4v) is 2.11. The van der Waals surface area contributed by atoms with Crippen molar-refractivity contribution in [1.82, 2.24) is 4.98 Å². The van der Waals surface area contributed by atoms with Crippen molar-refractivity contribution in [1.29, 1.82) is 0 Å². The number of nitrogens with zero attached hydrogens (tertiary/aromatic N) is 1. The predicted molar refractivity (Wildman–Crippen MR) is 72.7 cm³/mol. The number of carbonyl (C=O) groups is 2. The highest BCUT2D eigenvalue weighted by Gasteiger charge is 2.21. The molecular weight excluding hydrogens is 266 g/mol. The molecule has 0 atom stereocenters. The molecule has 0 radical (unpaired) electrons. The molecule has 0 spiro atoms. The zero-order valence-corrected chi connectivity index (χ0v) is 12.2. The van der Waals surface area contributed by atoms with Crippen LogP contribution in [0.15, 0.2) is 17.2 Å². The average molecular weight is 283 g/mol. The number of thioether (sulfide) groups is 1. The maximum atomic E-state index is 11.6. The molecule has 1 heterocycles. The van der Waals surface area contributed by atoms with Crippen LogP contribution < -0.4 is 4.74 Å². The fourth-order valence-electron chi connectivity index (χ4n) is 1.33. The van der Waals surface area contributed by atoms with Crippen molar-refractivity contribution in [3.8, 4) is 5.75 Å². The highest BCUT2D eigenvalue weighted by atomic mass is 32.2. The summed E-state index contributed by atoms with van der Waals surface area (Å²) in [5, 5.41) is 0. The Morgan fingerprint density at radius 3 is 2.74 bits per heavy atom. The molecule has 0 saturated heterocycles. The van der Waals surface area contributed by atoms with Gasteiger partial charge in [-0.2, -0.15) is 0 Å². The van der Waals surface area contributed by atoms with Gasteiger partial charge in [-0.15, -0.1) is 11.8 Å². The van der Waals surface area contributed by atoms with Crippen molar-refractivity contribution >= 4 is 24.0 Å². The van der Waals surface area contributed by atoms with Gasteiger partial charge in [0, 0.05) is 4.90 Å². The third-order valence-electron chi connectivity index (χ3n) is 2.17. The molecule has 0 aliphatic rings. The summed E-state index contributed by atoms with van der Waals surface area (Å²) >= 11 is 1.46. The average Bonchev–Trinajstić information content (AvgIpc) is 2.38. The van der Waals surface area contributed by atoms with E-state index >= 15 is 0 Å². The Balaban J connectivity index is 3.08. The van der Waals surface area contributed by atoms with E-state index in [4.69, 9.17) is 4.74 Å². The van der Waals surface area contributed by atoms with Crippen molar-refractivity contribution in [2.45, 2.75) is 31.3 Å². The van der Waals surface area contributed by atoms with Crippen molar-refractivity contribution in [2.75, 3.05) is 12.9 Å². The van der Waals surface area contributed by atoms with E-state index in [0.717, 1.165) is 5.75 Å². The molecule has 1 aromatic rings. The minimum absolute atomic E-state index is 0.255. The first-order valence-corrected chi connectivity index (χ1v) is 6.78. The number of ether oxygens (including phenoxy) is 2. The largest absolute Gasteiger partial charge is 0.479 e. The molecule has 19 heavy (non-hydrogen) atoms. The zero-order valence-electron chi connectivity index (χ0n) is 11.4. The second-order valence-corrected chi connectivity index (χ2v) is 5.57.